The Morgan fingerprint density at radius 3 is 2.68 bits per heavy atom. The van der Waals surface area contributed by atoms with Crippen molar-refractivity contribution in [2.45, 2.75) is 36.9 Å². The van der Waals surface area contributed by atoms with Crippen LogP contribution in [0.4, 0.5) is 5.82 Å². The van der Waals surface area contributed by atoms with Gasteiger partial charge in [-0.05, 0) is 24.1 Å². The SMILES string of the molecule is COc1ccc(C[C@@H](N)C(=O)N[C@H]2[C@@H](O)[C@H](n3cnc4c(N(C)C)ncnc43)O[C@@H]2CO)cc1. The number of carbonyl (C=O) groups is 1. The number of aliphatic hydroxyl groups is 2. The largest absolute Gasteiger partial charge is 0.497 e. The Labute approximate surface area is 196 Å². The van der Waals surface area contributed by atoms with Gasteiger partial charge in [-0.15, -0.1) is 0 Å². The highest BCUT2D eigenvalue weighted by Crippen LogP contribution is 2.32. The van der Waals surface area contributed by atoms with Crippen molar-refractivity contribution in [3.8, 4) is 5.75 Å². The smallest absolute Gasteiger partial charge is 0.237 e. The molecule has 2 aromatic heterocycles. The summed E-state index contributed by atoms with van der Waals surface area (Å²) in [6.45, 7) is -0.406. The van der Waals surface area contributed by atoms with Crippen molar-refractivity contribution in [3.05, 3.63) is 42.5 Å². The molecule has 0 aliphatic carbocycles. The number of aromatic nitrogens is 4. The van der Waals surface area contributed by atoms with Crippen molar-refractivity contribution >= 4 is 22.9 Å². The van der Waals surface area contributed by atoms with Crippen molar-refractivity contribution < 1.29 is 24.5 Å². The number of anilines is 1. The Morgan fingerprint density at radius 2 is 2.03 bits per heavy atom. The van der Waals surface area contributed by atoms with Crippen LogP contribution in [0.5, 0.6) is 5.75 Å². The quantitative estimate of drug-likeness (QED) is 0.328. The summed E-state index contributed by atoms with van der Waals surface area (Å²) >= 11 is 0. The first kappa shape index (κ1) is 23.8. The molecule has 182 valence electrons. The second-order valence-corrected chi connectivity index (χ2v) is 8.35. The number of nitrogens with two attached hydrogens (primary N) is 1. The fraction of sp³-hybridized carbons (Fsp3) is 0.455. The Balaban J connectivity index is 1.49. The average Bonchev–Trinajstić information content (AvgIpc) is 3.40. The number of hydrogen-bond acceptors (Lipinski definition) is 10. The zero-order chi connectivity index (χ0) is 24.4. The molecular weight excluding hydrogens is 442 g/mol. The van der Waals surface area contributed by atoms with E-state index in [9.17, 15) is 15.0 Å². The van der Waals surface area contributed by atoms with Crippen LogP contribution < -0.4 is 20.7 Å². The number of carbonyl (C=O) groups excluding carboxylic acids is 1. The molecule has 3 heterocycles. The first-order valence-electron chi connectivity index (χ1n) is 10.8. The normalized spacial score (nSPS) is 23.1. The third-order valence-corrected chi connectivity index (χ3v) is 5.85. The van der Waals surface area contributed by atoms with Crippen LogP contribution in [0.1, 0.15) is 11.8 Å². The maximum atomic E-state index is 12.8. The third kappa shape index (κ3) is 4.53. The Kier molecular flexibility index (Phi) is 6.93. The van der Waals surface area contributed by atoms with Gasteiger partial charge in [-0.1, -0.05) is 12.1 Å². The molecule has 34 heavy (non-hydrogen) atoms. The maximum Gasteiger partial charge on any atom is 0.237 e. The molecule has 12 heteroatoms. The van der Waals surface area contributed by atoms with Gasteiger partial charge in [-0.25, -0.2) is 15.0 Å². The molecule has 0 radical (unpaired) electrons. The highest BCUT2D eigenvalue weighted by molar-refractivity contribution is 5.83. The number of nitrogens with one attached hydrogen (secondary N) is 1. The van der Waals surface area contributed by atoms with E-state index in [4.69, 9.17) is 15.2 Å². The minimum Gasteiger partial charge on any atom is -0.497 e. The van der Waals surface area contributed by atoms with E-state index in [1.54, 1.807) is 28.7 Å². The first-order chi connectivity index (χ1) is 16.3. The van der Waals surface area contributed by atoms with Gasteiger partial charge in [0.2, 0.25) is 5.91 Å². The van der Waals surface area contributed by atoms with Crippen LogP contribution in [0.25, 0.3) is 11.2 Å². The standard InChI is InChI=1S/C22H29N7O5/c1-28(2)19-17-20(25-10-24-19)29(11-26-17)22-18(31)16(15(9-30)34-22)27-21(32)14(23)8-12-4-6-13(33-3)7-5-12/h4-7,10-11,14-16,18,22,30-31H,8-9,23H2,1-3H3,(H,27,32)/t14-,15-,16-,18-,22-/m1/s1. The van der Waals surface area contributed by atoms with Crippen molar-refractivity contribution in [2.24, 2.45) is 5.73 Å². The van der Waals surface area contributed by atoms with Crippen LogP contribution in [0.2, 0.25) is 0 Å². The molecule has 0 spiro atoms. The number of nitrogens with zero attached hydrogens (tertiary/aromatic N) is 5. The van der Waals surface area contributed by atoms with E-state index in [0.717, 1.165) is 5.56 Å². The molecule has 3 aromatic rings. The number of imidazole rings is 1. The van der Waals surface area contributed by atoms with Gasteiger partial charge in [0, 0.05) is 14.1 Å². The highest BCUT2D eigenvalue weighted by Gasteiger charge is 2.46. The summed E-state index contributed by atoms with van der Waals surface area (Å²) in [6, 6.07) is 5.52. The van der Waals surface area contributed by atoms with E-state index < -0.39 is 43.0 Å². The molecule has 0 bridgehead atoms. The van der Waals surface area contributed by atoms with Crippen LogP contribution in [0.3, 0.4) is 0 Å². The lowest BCUT2D eigenvalue weighted by Crippen LogP contribution is -2.53. The maximum absolute atomic E-state index is 12.8. The molecule has 4 rings (SSSR count). The zero-order valence-corrected chi connectivity index (χ0v) is 19.2. The molecule has 1 amide bonds. The molecule has 0 saturated carbocycles. The number of methoxy groups -OCH3 is 1. The van der Waals surface area contributed by atoms with Gasteiger partial charge in [0.25, 0.3) is 0 Å². The number of fused-ring (bicyclic) bond motifs is 1. The fourth-order valence-electron chi connectivity index (χ4n) is 4.04. The summed E-state index contributed by atoms with van der Waals surface area (Å²) in [4.78, 5) is 27.5. The number of rotatable bonds is 8. The summed E-state index contributed by atoms with van der Waals surface area (Å²) in [7, 11) is 5.25. The minimum absolute atomic E-state index is 0.295. The lowest BCUT2D eigenvalue weighted by atomic mass is 10.0. The van der Waals surface area contributed by atoms with Gasteiger partial charge in [-0.2, -0.15) is 0 Å². The second-order valence-electron chi connectivity index (χ2n) is 8.35. The van der Waals surface area contributed by atoms with E-state index in [1.165, 1.54) is 12.7 Å². The molecule has 5 N–H and O–H groups in total. The minimum atomic E-state index is -1.18. The van der Waals surface area contributed by atoms with E-state index in [1.807, 2.05) is 26.2 Å². The summed E-state index contributed by atoms with van der Waals surface area (Å²) in [5.41, 5.74) is 7.98. The van der Waals surface area contributed by atoms with Gasteiger partial charge < -0.3 is 35.6 Å². The monoisotopic (exact) mass is 471 g/mol. The molecule has 1 aromatic carbocycles. The van der Waals surface area contributed by atoms with Crippen LogP contribution in [0, 0.1) is 0 Å². The van der Waals surface area contributed by atoms with Gasteiger partial charge in [-0.3, -0.25) is 9.36 Å². The molecule has 1 aliphatic heterocycles. The summed E-state index contributed by atoms with van der Waals surface area (Å²) in [6.07, 6.45) is 0.250. The van der Waals surface area contributed by atoms with Gasteiger partial charge in [0.15, 0.2) is 23.2 Å². The van der Waals surface area contributed by atoms with E-state index in [-0.39, 0.29) is 0 Å². The predicted molar refractivity (Wildman–Crippen MR) is 123 cm³/mol. The molecular formula is C22H29N7O5. The number of amides is 1. The second kappa shape index (κ2) is 9.89. The number of hydrogen-bond donors (Lipinski definition) is 4. The Morgan fingerprint density at radius 1 is 1.29 bits per heavy atom. The zero-order valence-electron chi connectivity index (χ0n) is 19.2. The molecule has 12 nitrogen and oxygen atoms in total. The van der Waals surface area contributed by atoms with E-state index in [0.29, 0.717) is 29.2 Å². The summed E-state index contributed by atoms with van der Waals surface area (Å²) < 4.78 is 12.6. The fourth-order valence-corrected chi connectivity index (χ4v) is 4.04. The van der Waals surface area contributed by atoms with Crippen LogP contribution in [-0.4, -0.2) is 87.7 Å². The van der Waals surface area contributed by atoms with Crippen LogP contribution in [-0.2, 0) is 16.0 Å². The average molecular weight is 472 g/mol. The van der Waals surface area contributed by atoms with Crippen molar-refractivity contribution in [1.29, 1.82) is 0 Å². The third-order valence-electron chi connectivity index (χ3n) is 5.85. The van der Waals surface area contributed by atoms with Crippen LogP contribution >= 0.6 is 0 Å². The number of benzene rings is 1. The highest BCUT2D eigenvalue weighted by atomic mass is 16.5. The predicted octanol–water partition coefficient (Wildman–Crippen LogP) is -0.794. The lowest BCUT2D eigenvalue weighted by Gasteiger charge is -2.23. The lowest BCUT2D eigenvalue weighted by molar-refractivity contribution is -0.124. The van der Waals surface area contributed by atoms with E-state index >= 15 is 0 Å². The summed E-state index contributed by atoms with van der Waals surface area (Å²) in [5.74, 6) is 0.861. The molecule has 1 saturated heterocycles. The molecule has 5 atom stereocenters. The topological polar surface area (TPSA) is 161 Å². The Hall–Kier alpha value is -3.32. The van der Waals surface area contributed by atoms with Crippen molar-refractivity contribution in [2.75, 3.05) is 32.7 Å². The number of aliphatic hydroxyl groups excluding tert-OH is 2. The Bertz CT molecular complexity index is 1140. The van der Waals surface area contributed by atoms with Gasteiger partial charge in [0.05, 0.1) is 32.1 Å². The molecule has 1 fully saturated rings. The molecule has 0 unspecified atom stereocenters. The summed E-state index contributed by atoms with van der Waals surface area (Å²) in [5, 5.41) is 23.6. The molecule has 1 aliphatic rings. The van der Waals surface area contributed by atoms with Crippen LogP contribution in [0.15, 0.2) is 36.9 Å². The first-order valence-corrected chi connectivity index (χ1v) is 10.8. The van der Waals surface area contributed by atoms with Crippen molar-refractivity contribution in [3.63, 3.8) is 0 Å². The van der Waals surface area contributed by atoms with Gasteiger partial charge >= 0.3 is 0 Å². The van der Waals surface area contributed by atoms with E-state index in [2.05, 4.69) is 20.3 Å². The number of ether oxygens (including phenoxy) is 2. The van der Waals surface area contributed by atoms with Crippen molar-refractivity contribution in [1.82, 2.24) is 24.8 Å². The van der Waals surface area contributed by atoms with Gasteiger partial charge in [0.1, 0.15) is 24.3 Å².